The van der Waals surface area contributed by atoms with Gasteiger partial charge < -0.3 is 34.5 Å². The van der Waals surface area contributed by atoms with E-state index < -0.39 is 28.6 Å². The molecule has 0 radical (unpaired) electrons. The molecule has 0 bridgehead atoms. The van der Waals surface area contributed by atoms with Gasteiger partial charge in [-0.2, -0.15) is 0 Å². The summed E-state index contributed by atoms with van der Waals surface area (Å²) in [5, 5.41) is 14.1. The molecule has 148 valence electrons. The minimum Gasteiger partial charge on any atom is -0.870 e. The first-order valence-corrected chi connectivity index (χ1v) is 13.0. The zero-order valence-electron chi connectivity index (χ0n) is 9.07. The minimum absolute atomic E-state index is 0. The molecule has 0 aliphatic heterocycles. The Hall–Kier alpha value is 2.32. The summed E-state index contributed by atoms with van der Waals surface area (Å²) in [5.74, 6) is 0. The summed E-state index contributed by atoms with van der Waals surface area (Å²) in [7, 11) is -3.52. The third kappa shape index (κ3) is 835. The van der Waals surface area contributed by atoms with E-state index in [1.165, 1.54) is 0 Å². The second kappa shape index (κ2) is 244. The van der Waals surface area contributed by atoms with Crippen molar-refractivity contribution >= 4 is 101 Å². The standard InChI is InChI=1S/7CH4.4Mg.2HO3Si.O2Si.3H2O/c;;;;;;;;;;;2*1-3-4-2;1-3-2;;;/h7*1H4;;;;;2*1H;;3*1H2/q;;;;;;;;2*+1;+2;2*-1;;;;/p-2. The van der Waals surface area contributed by atoms with E-state index in [9.17, 15) is 0 Å². The predicted molar refractivity (Wildman–Crippen MR) is 105 cm³/mol. The van der Waals surface area contributed by atoms with Crippen molar-refractivity contribution in [3.8, 4) is 0 Å². The minimum atomic E-state index is -1.42. The second-order valence-electron chi connectivity index (χ2n) is 0.786. The Morgan fingerprint density at radius 2 is 0.800 bits per heavy atom. The van der Waals surface area contributed by atoms with Crippen molar-refractivity contribution in [2.45, 2.75) is 52.0 Å². The molecule has 18 heteroatoms. The third-order valence-electron chi connectivity index (χ3n) is 0.0745. The van der Waals surface area contributed by atoms with Crippen LogP contribution in [-0.4, -0.2) is 128 Å². The predicted octanol–water partition coefficient (Wildman–Crippen LogP) is 0.0142. The van der Waals surface area contributed by atoms with Crippen molar-refractivity contribution in [1.82, 2.24) is 0 Å². The van der Waals surface area contributed by atoms with E-state index in [-0.39, 0.29) is 91.5 Å². The Bertz CT molecular complexity index is 141. The Kier molecular flexibility index (Phi) is 1220. The second-order valence-corrected chi connectivity index (χ2v) is 10.8. The average molecular weight is 476 g/mol. The largest absolute Gasteiger partial charge is 0.870 e. The normalized spacial score (nSPS) is 2.48. The number of hydrogen-bond acceptors (Lipinski definition) is 10. The molecule has 0 atom stereocenters. The van der Waals surface area contributed by atoms with Crippen LogP contribution in [0.5, 0.6) is 0 Å². The van der Waals surface area contributed by atoms with Crippen LogP contribution in [-0.2, 0) is 27.0 Å². The molecule has 0 aliphatic carbocycles. The fraction of sp³-hybridized carbons (Fsp3) is 1.00. The van der Waals surface area contributed by atoms with Crippen LogP contribution in [0.4, 0.5) is 0 Å². The summed E-state index contributed by atoms with van der Waals surface area (Å²) < 4.78 is 40.5. The van der Waals surface area contributed by atoms with E-state index in [2.05, 4.69) is 45.3 Å². The Balaban J connectivity index is -0.00000000360. The van der Waals surface area contributed by atoms with Crippen molar-refractivity contribution in [3.05, 3.63) is 0 Å². The monoisotopic (exact) mass is 474 g/mol. The molecule has 0 aromatic rings. The molecule has 0 aromatic carbocycles. The van der Waals surface area contributed by atoms with Crippen LogP contribution in [0.15, 0.2) is 0 Å². The van der Waals surface area contributed by atoms with Crippen molar-refractivity contribution in [1.29, 1.82) is 0 Å². The summed E-state index contributed by atoms with van der Waals surface area (Å²) in [6.45, 7) is 0. The molecule has 0 saturated heterocycles. The fourth-order valence-corrected chi connectivity index (χ4v) is 0. The Labute approximate surface area is 204 Å². The summed E-state index contributed by atoms with van der Waals surface area (Å²) in [6.07, 6.45) is 0. The van der Waals surface area contributed by atoms with E-state index in [1.54, 1.807) is 0 Å². The van der Waals surface area contributed by atoms with Crippen LogP contribution < -0.4 is 0 Å². The van der Waals surface area contributed by atoms with E-state index in [0.29, 0.717) is 13.1 Å². The van der Waals surface area contributed by atoms with Crippen LogP contribution in [0.1, 0.15) is 52.0 Å². The van der Waals surface area contributed by atoms with Gasteiger partial charge in [0.1, 0.15) is 19.3 Å². The first-order chi connectivity index (χ1) is 6.66. The van der Waals surface area contributed by atoms with E-state index in [1.807, 2.05) is 0 Å². The van der Waals surface area contributed by atoms with Gasteiger partial charge in [-0.15, -0.1) is 0 Å². The average Bonchev–Trinajstić information content (AvgIpc) is 2.20. The Morgan fingerprint density at radius 1 is 0.760 bits per heavy atom. The zero-order chi connectivity index (χ0) is 12.2. The SMILES string of the molecule is C.C.C.C.C.C.C.O.O=[Si-]OO.O=[Si-]OO.O=[Si]=O.[Mg+2].[Mg+][Mg][Mg+].[OH-].[OH-]. The first kappa shape index (κ1) is 125. The zero-order valence-corrected chi connectivity index (χ0v) is 17.7. The summed E-state index contributed by atoms with van der Waals surface area (Å²) >= 11 is 4.72. The quantitative estimate of drug-likeness (QED) is 0.309. The van der Waals surface area contributed by atoms with Crippen molar-refractivity contribution in [3.63, 3.8) is 0 Å². The molecule has 0 aromatic heterocycles. The van der Waals surface area contributed by atoms with Crippen molar-refractivity contribution in [2.75, 3.05) is 0 Å². The molecule has 25 heavy (non-hydrogen) atoms. The van der Waals surface area contributed by atoms with Gasteiger partial charge in [0.05, 0.1) is 0 Å². The molecule has 0 aliphatic rings. The van der Waals surface area contributed by atoms with Crippen LogP contribution in [0.2, 0.25) is 0 Å². The summed E-state index contributed by atoms with van der Waals surface area (Å²) in [6, 6.07) is 0. The van der Waals surface area contributed by atoms with Gasteiger partial charge in [-0.1, -0.05) is 52.0 Å². The summed E-state index contributed by atoms with van der Waals surface area (Å²) in [5.41, 5.74) is 0. The van der Waals surface area contributed by atoms with Gasteiger partial charge in [0.2, 0.25) is 0 Å². The van der Waals surface area contributed by atoms with E-state index in [0.717, 1.165) is 0 Å². The van der Waals surface area contributed by atoms with E-state index >= 15 is 0 Å². The molecule has 0 heterocycles. The first-order valence-electron chi connectivity index (χ1n) is 2.59. The van der Waals surface area contributed by atoms with Gasteiger partial charge >= 0.3 is 81.5 Å². The topological polar surface area (TPSA) is 219 Å². The van der Waals surface area contributed by atoms with Gasteiger partial charge in [0.15, 0.2) is 0 Å². The fourth-order valence-electron chi connectivity index (χ4n) is 0. The molecule has 6 N–H and O–H groups in total. The van der Waals surface area contributed by atoms with Crippen LogP contribution >= 0.6 is 0 Å². The molecular weight excluding hydrogens is 442 g/mol. The van der Waals surface area contributed by atoms with Crippen LogP contribution in [0, 0.1) is 0 Å². The maximum absolute atomic E-state index is 8.85. The van der Waals surface area contributed by atoms with Crippen molar-refractivity contribution < 1.29 is 53.9 Å². The Morgan fingerprint density at radius 3 is 0.800 bits per heavy atom. The molecule has 0 rings (SSSR count). The van der Waals surface area contributed by atoms with Gasteiger partial charge in [-0.05, 0) is 0 Å². The molecule has 0 unspecified atom stereocenters. The van der Waals surface area contributed by atoms with E-state index in [4.69, 9.17) is 28.4 Å². The molecular formula is C7H34Mg4O11Si3. The van der Waals surface area contributed by atoms with Gasteiger partial charge in [-0.3, -0.25) is 19.4 Å². The maximum atomic E-state index is 8.85. The smallest absolute Gasteiger partial charge is 0.870 e. The molecule has 0 fully saturated rings. The molecule has 0 saturated carbocycles. The van der Waals surface area contributed by atoms with Gasteiger partial charge in [0, 0.05) is 0 Å². The van der Waals surface area contributed by atoms with Gasteiger partial charge in [-0.25, -0.2) is 0 Å². The van der Waals surface area contributed by atoms with Crippen LogP contribution in [0.25, 0.3) is 0 Å². The molecule has 0 spiro atoms. The third-order valence-corrected chi connectivity index (χ3v) is 0.224. The van der Waals surface area contributed by atoms with Gasteiger partial charge in [0.25, 0.3) is 0 Å². The number of rotatable bonds is 2. The molecule has 0 amide bonds. The summed E-state index contributed by atoms with van der Waals surface area (Å²) in [4.78, 5) is 0. The maximum Gasteiger partial charge on any atom is -0.870 e. The van der Waals surface area contributed by atoms with Crippen molar-refractivity contribution in [2.24, 2.45) is 0 Å². The number of hydrogen-bond donors (Lipinski definition) is 2. The van der Waals surface area contributed by atoms with Crippen LogP contribution in [0.3, 0.4) is 0 Å². The molecule has 11 nitrogen and oxygen atoms in total.